The van der Waals surface area contributed by atoms with Crippen LogP contribution in [0.1, 0.15) is 28.0 Å². The third-order valence-electron chi connectivity index (χ3n) is 3.87. The molecule has 0 aliphatic carbocycles. The quantitative estimate of drug-likeness (QED) is 0.816. The third kappa shape index (κ3) is 2.24. The number of Topliss-reactive ketones (excluding diaryl/α,β-unsaturated/α-hetero) is 1. The SMILES string of the molecule is O=C(CC1=NCCc2cc3c(cc21)OCO3)c1ccccn1. The maximum absolute atomic E-state index is 12.4. The van der Waals surface area contributed by atoms with E-state index in [-0.39, 0.29) is 19.0 Å². The monoisotopic (exact) mass is 294 g/mol. The van der Waals surface area contributed by atoms with Gasteiger partial charge in [0.25, 0.3) is 0 Å². The van der Waals surface area contributed by atoms with Crippen LogP contribution < -0.4 is 9.47 Å². The number of nitrogens with zero attached hydrogens (tertiary/aromatic N) is 2. The first-order chi connectivity index (χ1) is 10.8. The Balaban J connectivity index is 1.64. The number of carbonyl (C=O) groups is 1. The molecular weight excluding hydrogens is 280 g/mol. The predicted molar refractivity (Wildman–Crippen MR) is 80.9 cm³/mol. The summed E-state index contributed by atoms with van der Waals surface area (Å²) in [6.45, 7) is 0.940. The fourth-order valence-corrected chi connectivity index (χ4v) is 2.78. The number of pyridine rings is 1. The van der Waals surface area contributed by atoms with Gasteiger partial charge in [-0.2, -0.15) is 0 Å². The number of benzene rings is 1. The standard InChI is InChI=1S/C17H14N2O3/c20-15(13-3-1-2-5-18-13)9-14-12-8-17-16(21-10-22-17)7-11(12)4-6-19-14/h1-3,5,7-8H,4,6,9-10H2. The Bertz CT molecular complexity index is 769. The molecule has 22 heavy (non-hydrogen) atoms. The van der Waals surface area contributed by atoms with Crippen molar-refractivity contribution in [2.45, 2.75) is 12.8 Å². The van der Waals surface area contributed by atoms with E-state index in [4.69, 9.17) is 9.47 Å². The second-order valence-corrected chi connectivity index (χ2v) is 5.26. The minimum Gasteiger partial charge on any atom is -0.454 e. The van der Waals surface area contributed by atoms with Crippen molar-refractivity contribution in [1.82, 2.24) is 4.98 Å². The Kier molecular flexibility index (Phi) is 3.11. The highest BCUT2D eigenvalue weighted by molar-refractivity contribution is 6.16. The highest BCUT2D eigenvalue weighted by Crippen LogP contribution is 2.36. The Labute approximate surface area is 127 Å². The van der Waals surface area contributed by atoms with Gasteiger partial charge < -0.3 is 9.47 Å². The summed E-state index contributed by atoms with van der Waals surface area (Å²) in [5.41, 5.74) is 3.41. The van der Waals surface area contributed by atoms with Gasteiger partial charge in [0.2, 0.25) is 6.79 Å². The number of ketones is 1. The van der Waals surface area contributed by atoms with E-state index in [2.05, 4.69) is 9.98 Å². The van der Waals surface area contributed by atoms with Crippen molar-refractivity contribution >= 4 is 11.5 Å². The van der Waals surface area contributed by atoms with Crippen LogP contribution in [0.2, 0.25) is 0 Å². The van der Waals surface area contributed by atoms with Gasteiger partial charge in [0.05, 0.1) is 12.1 Å². The number of ether oxygens (including phenoxy) is 2. The van der Waals surface area contributed by atoms with Gasteiger partial charge in [-0.25, -0.2) is 0 Å². The van der Waals surface area contributed by atoms with Crippen molar-refractivity contribution in [2.75, 3.05) is 13.3 Å². The van der Waals surface area contributed by atoms with Crippen LogP contribution in [0.3, 0.4) is 0 Å². The second-order valence-electron chi connectivity index (χ2n) is 5.26. The molecule has 0 spiro atoms. The van der Waals surface area contributed by atoms with Crippen LogP contribution in [0.15, 0.2) is 41.5 Å². The Hall–Kier alpha value is -2.69. The van der Waals surface area contributed by atoms with Crippen LogP contribution in [0.5, 0.6) is 11.5 Å². The lowest BCUT2D eigenvalue weighted by Gasteiger charge is -2.17. The summed E-state index contributed by atoms with van der Waals surface area (Å²) in [6.07, 6.45) is 2.73. The number of hydrogen-bond acceptors (Lipinski definition) is 5. The first-order valence-corrected chi connectivity index (χ1v) is 7.22. The summed E-state index contributed by atoms with van der Waals surface area (Å²) in [4.78, 5) is 21.0. The van der Waals surface area contributed by atoms with Crippen molar-refractivity contribution in [3.63, 3.8) is 0 Å². The van der Waals surface area contributed by atoms with Crippen LogP contribution >= 0.6 is 0 Å². The molecule has 5 nitrogen and oxygen atoms in total. The molecule has 5 heteroatoms. The van der Waals surface area contributed by atoms with E-state index >= 15 is 0 Å². The van der Waals surface area contributed by atoms with Crippen molar-refractivity contribution in [3.05, 3.63) is 53.3 Å². The number of carbonyl (C=O) groups excluding carboxylic acids is 1. The van der Waals surface area contributed by atoms with Gasteiger partial charge >= 0.3 is 0 Å². The molecule has 0 atom stereocenters. The molecule has 1 aromatic carbocycles. The molecule has 0 fully saturated rings. The molecule has 0 N–H and O–H groups in total. The summed E-state index contributed by atoms with van der Waals surface area (Å²) in [6, 6.07) is 9.27. The summed E-state index contributed by atoms with van der Waals surface area (Å²) >= 11 is 0. The lowest BCUT2D eigenvalue weighted by molar-refractivity contribution is 0.0996. The van der Waals surface area contributed by atoms with Crippen molar-refractivity contribution in [1.29, 1.82) is 0 Å². The van der Waals surface area contributed by atoms with E-state index in [0.717, 1.165) is 34.8 Å². The highest BCUT2D eigenvalue weighted by atomic mass is 16.7. The van der Waals surface area contributed by atoms with Crippen molar-refractivity contribution in [2.24, 2.45) is 4.99 Å². The number of aromatic nitrogens is 1. The first-order valence-electron chi connectivity index (χ1n) is 7.22. The van der Waals surface area contributed by atoms with Crippen molar-refractivity contribution < 1.29 is 14.3 Å². The number of aliphatic imine (C=N–C) groups is 1. The van der Waals surface area contributed by atoms with Crippen LogP contribution in [-0.4, -0.2) is 29.8 Å². The van der Waals surface area contributed by atoms with Gasteiger partial charge in [0.15, 0.2) is 17.3 Å². The average molecular weight is 294 g/mol. The average Bonchev–Trinajstić information content (AvgIpc) is 3.01. The van der Waals surface area contributed by atoms with Crippen LogP contribution in [0, 0.1) is 0 Å². The molecule has 0 bridgehead atoms. The molecule has 2 aromatic rings. The fraction of sp³-hybridized carbons (Fsp3) is 0.235. The van der Waals surface area contributed by atoms with E-state index in [1.807, 2.05) is 18.2 Å². The predicted octanol–water partition coefficient (Wildman–Crippen LogP) is 2.43. The molecule has 0 amide bonds. The molecule has 0 radical (unpaired) electrons. The second kappa shape index (κ2) is 5.26. The molecule has 110 valence electrons. The first kappa shape index (κ1) is 13.0. The molecular formula is C17H14N2O3. The summed E-state index contributed by atoms with van der Waals surface area (Å²) in [5.74, 6) is 1.47. The molecule has 2 aliphatic heterocycles. The van der Waals surface area contributed by atoms with Gasteiger partial charge in [0.1, 0.15) is 5.69 Å². The van der Waals surface area contributed by atoms with Crippen molar-refractivity contribution in [3.8, 4) is 11.5 Å². The summed E-state index contributed by atoms with van der Waals surface area (Å²) in [5, 5.41) is 0. The molecule has 4 rings (SSSR count). The number of rotatable bonds is 3. The maximum atomic E-state index is 12.4. The Morgan fingerprint density at radius 2 is 2.05 bits per heavy atom. The van der Waals surface area contributed by atoms with Crippen LogP contribution in [-0.2, 0) is 6.42 Å². The normalized spacial score (nSPS) is 15.2. The minimum atomic E-state index is -0.0233. The number of fused-ring (bicyclic) bond motifs is 2. The van der Waals surface area contributed by atoms with E-state index < -0.39 is 0 Å². The Morgan fingerprint density at radius 3 is 2.86 bits per heavy atom. The topological polar surface area (TPSA) is 60.8 Å². The van der Waals surface area contributed by atoms with Gasteiger partial charge in [-0.3, -0.25) is 14.8 Å². The zero-order valence-electron chi connectivity index (χ0n) is 11.9. The van der Waals surface area contributed by atoms with Gasteiger partial charge in [0, 0.05) is 18.3 Å². The molecule has 1 aromatic heterocycles. The van der Waals surface area contributed by atoms with E-state index in [1.54, 1.807) is 18.3 Å². The van der Waals surface area contributed by atoms with Gasteiger partial charge in [-0.05, 0) is 36.2 Å². The third-order valence-corrected chi connectivity index (χ3v) is 3.87. The largest absolute Gasteiger partial charge is 0.454 e. The van der Waals surface area contributed by atoms with Gasteiger partial charge in [-0.1, -0.05) is 6.07 Å². The summed E-state index contributed by atoms with van der Waals surface area (Å²) < 4.78 is 10.8. The lowest BCUT2D eigenvalue weighted by Crippen LogP contribution is -2.17. The zero-order valence-corrected chi connectivity index (χ0v) is 11.9. The highest BCUT2D eigenvalue weighted by Gasteiger charge is 2.23. The zero-order chi connectivity index (χ0) is 14.9. The maximum Gasteiger partial charge on any atom is 0.231 e. The minimum absolute atomic E-state index is 0.0233. The number of hydrogen-bond donors (Lipinski definition) is 0. The molecule has 0 saturated heterocycles. The van der Waals surface area contributed by atoms with E-state index in [9.17, 15) is 4.79 Å². The molecule has 0 saturated carbocycles. The molecule has 3 heterocycles. The van der Waals surface area contributed by atoms with E-state index in [1.165, 1.54) is 0 Å². The smallest absolute Gasteiger partial charge is 0.231 e. The molecule has 2 aliphatic rings. The molecule has 0 unspecified atom stereocenters. The Morgan fingerprint density at radius 1 is 1.18 bits per heavy atom. The fourth-order valence-electron chi connectivity index (χ4n) is 2.78. The van der Waals surface area contributed by atoms with Crippen LogP contribution in [0.4, 0.5) is 0 Å². The van der Waals surface area contributed by atoms with E-state index in [0.29, 0.717) is 12.2 Å². The van der Waals surface area contributed by atoms with Gasteiger partial charge in [-0.15, -0.1) is 0 Å². The summed E-state index contributed by atoms with van der Waals surface area (Å²) in [7, 11) is 0. The lowest BCUT2D eigenvalue weighted by atomic mass is 9.93. The van der Waals surface area contributed by atoms with Crippen LogP contribution in [0.25, 0.3) is 0 Å².